The lowest BCUT2D eigenvalue weighted by Crippen LogP contribution is -2.23. The zero-order valence-corrected chi connectivity index (χ0v) is 21.6. The van der Waals surface area contributed by atoms with Crippen LogP contribution < -0.4 is 10.5 Å². The summed E-state index contributed by atoms with van der Waals surface area (Å²) in [7, 11) is 1.86. The van der Waals surface area contributed by atoms with Crippen molar-refractivity contribution in [2.75, 3.05) is 0 Å². The number of benzene rings is 1. The highest BCUT2D eigenvalue weighted by atomic mass is 19.4. The van der Waals surface area contributed by atoms with Gasteiger partial charge in [0.2, 0.25) is 0 Å². The lowest BCUT2D eigenvalue weighted by molar-refractivity contribution is -0.137. The number of carbonyl (C=O) groups excluding carboxylic acids is 1. The van der Waals surface area contributed by atoms with Crippen LogP contribution in [0.5, 0.6) is 5.75 Å². The number of nitrogens with zero attached hydrogens (tertiary/aromatic N) is 5. The molecule has 1 unspecified atom stereocenters. The number of primary amides is 1. The van der Waals surface area contributed by atoms with E-state index < -0.39 is 17.8 Å². The molecule has 0 aliphatic heterocycles. The monoisotopic (exact) mass is 544 g/mol. The van der Waals surface area contributed by atoms with Crippen LogP contribution in [0, 0.1) is 0 Å². The van der Waals surface area contributed by atoms with Crippen LogP contribution in [0.2, 0.25) is 0 Å². The SMILES string of the molecule is Cn1c(COc2cccc(C(F)(F)F)c2)nnc1[C@H]1CC[C@H](n2cc(C3=CCC(OC(N)=O)CC3)cn2)CC1. The van der Waals surface area contributed by atoms with Crippen LogP contribution in [-0.4, -0.2) is 36.7 Å². The Morgan fingerprint density at radius 1 is 1.15 bits per heavy atom. The van der Waals surface area contributed by atoms with Crippen LogP contribution in [0.3, 0.4) is 0 Å². The Labute approximate surface area is 223 Å². The summed E-state index contributed by atoms with van der Waals surface area (Å²) < 4.78 is 53.5. The zero-order valence-electron chi connectivity index (χ0n) is 21.6. The fourth-order valence-electron chi connectivity index (χ4n) is 5.41. The second-order valence-electron chi connectivity index (χ2n) is 10.1. The fraction of sp³-hybridized carbons (Fsp3) is 0.481. The average molecular weight is 545 g/mol. The van der Waals surface area contributed by atoms with Crippen LogP contribution in [0.15, 0.2) is 42.7 Å². The Morgan fingerprint density at radius 3 is 2.64 bits per heavy atom. The van der Waals surface area contributed by atoms with Gasteiger partial charge in [0.25, 0.3) is 0 Å². The van der Waals surface area contributed by atoms with Gasteiger partial charge < -0.3 is 19.8 Å². The molecule has 0 spiro atoms. The number of aromatic nitrogens is 5. The molecule has 2 aromatic heterocycles. The largest absolute Gasteiger partial charge is 0.486 e. The van der Waals surface area contributed by atoms with Crippen LogP contribution in [0.1, 0.15) is 79.7 Å². The number of halogens is 3. The van der Waals surface area contributed by atoms with Crippen molar-refractivity contribution in [3.63, 3.8) is 0 Å². The third-order valence-corrected chi connectivity index (χ3v) is 7.58. The molecule has 2 N–H and O–H groups in total. The molecule has 5 rings (SSSR count). The predicted molar refractivity (Wildman–Crippen MR) is 136 cm³/mol. The van der Waals surface area contributed by atoms with Gasteiger partial charge in [0.1, 0.15) is 24.3 Å². The highest BCUT2D eigenvalue weighted by molar-refractivity contribution is 5.67. The Hall–Kier alpha value is -3.83. The van der Waals surface area contributed by atoms with Crippen molar-refractivity contribution >= 4 is 11.7 Å². The van der Waals surface area contributed by atoms with Crippen molar-refractivity contribution in [3.8, 4) is 5.75 Å². The van der Waals surface area contributed by atoms with Crippen LogP contribution in [0.25, 0.3) is 5.57 Å². The number of ether oxygens (including phenoxy) is 2. The van der Waals surface area contributed by atoms with Gasteiger partial charge in [-0.3, -0.25) is 4.68 Å². The molecule has 2 aliphatic carbocycles. The van der Waals surface area contributed by atoms with Gasteiger partial charge in [0.05, 0.1) is 17.8 Å². The van der Waals surface area contributed by atoms with Gasteiger partial charge >= 0.3 is 12.3 Å². The van der Waals surface area contributed by atoms with Crippen molar-refractivity contribution in [2.24, 2.45) is 12.8 Å². The van der Waals surface area contributed by atoms with Crippen molar-refractivity contribution in [2.45, 2.75) is 75.8 Å². The van der Waals surface area contributed by atoms with E-state index >= 15 is 0 Å². The topological polar surface area (TPSA) is 110 Å². The minimum absolute atomic E-state index is 0.0292. The molecular weight excluding hydrogens is 513 g/mol. The summed E-state index contributed by atoms with van der Waals surface area (Å²) in [4.78, 5) is 11.0. The molecule has 39 heavy (non-hydrogen) atoms. The molecule has 1 atom stereocenters. The summed E-state index contributed by atoms with van der Waals surface area (Å²) in [6, 6.07) is 5.11. The first-order chi connectivity index (χ1) is 18.7. The Balaban J connectivity index is 1.15. The van der Waals surface area contributed by atoms with Crippen LogP contribution in [0.4, 0.5) is 18.0 Å². The second kappa shape index (κ2) is 11.1. The van der Waals surface area contributed by atoms with E-state index in [9.17, 15) is 18.0 Å². The molecule has 1 aromatic carbocycles. The summed E-state index contributed by atoms with van der Waals surface area (Å²) in [5.41, 5.74) is 6.67. The lowest BCUT2D eigenvalue weighted by Gasteiger charge is -2.28. The first-order valence-corrected chi connectivity index (χ1v) is 13.0. The van der Waals surface area contributed by atoms with E-state index in [4.69, 9.17) is 15.2 Å². The number of alkyl halides is 3. The minimum Gasteiger partial charge on any atom is -0.486 e. The van der Waals surface area contributed by atoms with E-state index in [1.807, 2.05) is 22.5 Å². The Bertz CT molecular complexity index is 1340. The van der Waals surface area contributed by atoms with E-state index in [1.165, 1.54) is 17.7 Å². The van der Waals surface area contributed by atoms with Crippen LogP contribution in [-0.2, 0) is 24.6 Å². The Morgan fingerprint density at radius 2 is 1.95 bits per heavy atom. The molecule has 2 heterocycles. The molecule has 0 bridgehead atoms. The highest BCUT2D eigenvalue weighted by Crippen LogP contribution is 2.38. The van der Waals surface area contributed by atoms with E-state index in [2.05, 4.69) is 27.6 Å². The first-order valence-electron chi connectivity index (χ1n) is 13.0. The predicted octanol–water partition coefficient (Wildman–Crippen LogP) is 5.54. The third kappa shape index (κ3) is 6.26. The van der Waals surface area contributed by atoms with Gasteiger partial charge in [-0.25, -0.2) is 4.79 Å². The number of nitrogens with two attached hydrogens (primary N) is 1. The van der Waals surface area contributed by atoms with Gasteiger partial charge in [-0.15, -0.1) is 10.2 Å². The first kappa shape index (κ1) is 26.8. The van der Waals surface area contributed by atoms with Crippen molar-refractivity contribution in [1.82, 2.24) is 24.5 Å². The maximum Gasteiger partial charge on any atom is 0.416 e. The number of allylic oxidation sites excluding steroid dienone is 1. The highest BCUT2D eigenvalue weighted by Gasteiger charge is 2.31. The number of hydrogen-bond acceptors (Lipinski definition) is 6. The standard InChI is InChI=1S/C27H31F3N6O3/c1-35-24(16-38-23-4-2-3-20(13-23)27(28,29)30)33-34-25(35)18-5-9-21(10-6-18)36-15-19(14-32-36)17-7-11-22(12-8-17)39-26(31)37/h2-4,7,13-15,18,21-22H,5-6,8-12,16H2,1H3,(H2,31,37)/t18-,21-,22?. The molecule has 2 aliphatic rings. The molecular formula is C27H31F3N6O3. The van der Waals surface area contributed by atoms with E-state index in [-0.39, 0.29) is 24.4 Å². The van der Waals surface area contributed by atoms with Crippen molar-refractivity contribution < 1.29 is 27.4 Å². The summed E-state index contributed by atoms with van der Waals surface area (Å²) in [6.45, 7) is 0.0292. The number of amides is 1. The molecule has 208 valence electrons. The maximum absolute atomic E-state index is 13.0. The summed E-state index contributed by atoms with van der Waals surface area (Å²) >= 11 is 0. The zero-order chi connectivity index (χ0) is 27.6. The van der Waals surface area contributed by atoms with E-state index in [0.717, 1.165) is 62.0 Å². The number of carbonyl (C=O) groups is 1. The third-order valence-electron chi connectivity index (χ3n) is 7.58. The van der Waals surface area contributed by atoms with Gasteiger partial charge in [-0.2, -0.15) is 18.3 Å². The minimum atomic E-state index is -4.42. The lowest BCUT2D eigenvalue weighted by atomic mass is 9.85. The van der Waals surface area contributed by atoms with Gasteiger partial charge in [-0.05, 0) is 62.3 Å². The summed E-state index contributed by atoms with van der Waals surface area (Å²) in [5.74, 6) is 1.79. The normalized spacial score (nSPS) is 21.8. The van der Waals surface area contributed by atoms with Crippen molar-refractivity contribution in [3.05, 3.63) is 65.5 Å². The average Bonchev–Trinajstić information content (AvgIpc) is 3.55. The van der Waals surface area contributed by atoms with Gasteiger partial charge in [-0.1, -0.05) is 12.1 Å². The van der Waals surface area contributed by atoms with E-state index in [0.29, 0.717) is 18.3 Å². The molecule has 0 radical (unpaired) electrons. The second-order valence-corrected chi connectivity index (χ2v) is 10.1. The molecule has 3 aromatic rings. The molecule has 1 fully saturated rings. The smallest absolute Gasteiger partial charge is 0.416 e. The van der Waals surface area contributed by atoms with Gasteiger partial charge in [0.15, 0.2) is 5.82 Å². The van der Waals surface area contributed by atoms with Crippen molar-refractivity contribution in [1.29, 1.82) is 0 Å². The van der Waals surface area contributed by atoms with Crippen LogP contribution >= 0.6 is 0 Å². The molecule has 1 amide bonds. The maximum atomic E-state index is 13.0. The number of rotatable bonds is 7. The molecule has 9 nitrogen and oxygen atoms in total. The molecule has 0 saturated heterocycles. The quantitative estimate of drug-likeness (QED) is 0.418. The number of hydrogen-bond donors (Lipinski definition) is 1. The summed E-state index contributed by atoms with van der Waals surface area (Å²) in [6.07, 6.45) is 6.72. The Kier molecular flexibility index (Phi) is 7.62. The van der Waals surface area contributed by atoms with Gasteiger partial charge in [0, 0.05) is 31.1 Å². The molecule has 1 saturated carbocycles. The summed E-state index contributed by atoms with van der Waals surface area (Å²) in [5, 5.41) is 13.2. The van der Waals surface area contributed by atoms with E-state index in [1.54, 1.807) is 0 Å². The fourth-order valence-corrected chi connectivity index (χ4v) is 5.41. The molecule has 12 heteroatoms.